The molecule has 0 bridgehead atoms. The summed E-state index contributed by atoms with van der Waals surface area (Å²) in [6, 6.07) is 4.03. The van der Waals surface area contributed by atoms with Crippen LogP contribution < -0.4 is 4.72 Å². The van der Waals surface area contributed by atoms with Gasteiger partial charge in [-0.1, -0.05) is 11.6 Å². The third kappa shape index (κ3) is 3.61. The van der Waals surface area contributed by atoms with Crippen LogP contribution in [0.5, 0.6) is 0 Å². The first kappa shape index (κ1) is 15.9. The van der Waals surface area contributed by atoms with E-state index in [1.54, 1.807) is 0 Å². The zero-order chi connectivity index (χ0) is 15.6. The molecule has 0 aliphatic rings. The standard InChI is InChI=1S/C12H8Cl2F2N2O2S/c13-5-7-3-10(16)11(4-9(7)14)21(19,20)18-12-2-1-8(15)6-17-12/h1-4,6H,5H2,(H,17,18). The predicted octanol–water partition coefficient (Wildman–Crippen LogP) is 3.55. The van der Waals surface area contributed by atoms with Crippen molar-refractivity contribution < 1.29 is 17.2 Å². The molecule has 0 saturated carbocycles. The molecule has 0 spiro atoms. The number of benzene rings is 1. The Morgan fingerprint density at radius 2 is 1.95 bits per heavy atom. The summed E-state index contributed by atoms with van der Waals surface area (Å²) in [5, 5.41) is 0.0267. The summed E-state index contributed by atoms with van der Waals surface area (Å²) >= 11 is 11.4. The average Bonchev–Trinajstić information content (AvgIpc) is 2.43. The molecular formula is C12H8Cl2F2N2O2S. The maximum Gasteiger partial charge on any atom is 0.266 e. The summed E-state index contributed by atoms with van der Waals surface area (Å²) in [7, 11) is -4.24. The monoisotopic (exact) mass is 352 g/mol. The molecule has 0 unspecified atom stereocenters. The molecule has 0 radical (unpaired) electrons. The number of halogens is 4. The number of aromatic nitrogens is 1. The number of sulfonamides is 1. The van der Waals surface area contributed by atoms with Crippen LogP contribution in [0.25, 0.3) is 0 Å². The second-order valence-electron chi connectivity index (χ2n) is 3.97. The van der Waals surface area contributed by atoms with Gasteiger partial charge in [-0.3, -0.25) is 4.72 Å². The Kier molecular flexibility index (Phi) is 4.65. The molecule has 0 amide bonds. The van der Waals surface area contributed by atoms with E-state index in [2.05, 4.69) is 4.98 Å². The van der Waals surface area contributed by atoms with Gasteiger partial charge in [0, 0.05) is 10.9 Å². The third-order valence-electron chi connectivity index (χ3n) is 2.50. The lowest BCUT2D eigenvalue weighted by Crippen LogP contribution is -2.15. The molecule has 0 atom stereocenters. The van der Waals surface area contributed by atoms with Gasteiger partial charge in [-0.2, -0.15) is 0 Å². The molecule has 0 aliphatic heterocycles. The van der Waals surface area contributed by atoms with Crippen LogP contribution in [-0.2, 0) is 15.9 Å². The van der Waals surface area contributed by atoms with Gasteiger partial charge in [-0.05, 0) is 29.8 Å². The average molecular weight is 353 g/mol. The van der Waals surface area contributed by atoms with E-state index < -0.39 is 26.6 Å². The van der Waals surface area contributed by atoms with Crippen molar-refractivity contribution in [2.75, 3.05) is 4.72 Å². The first-order valence-electron chi connectivity index (χ1n) is 5.52. The third-order valence-corrected chi connectivity index (χ3v) is 4.51. The highest BCUT2D eigenvalue weighted by molar-refractivity contribution is 7.92. The fourth-order valence-electron chi connectivity index (χ4n) is 1.51. The number of nitrogens with one attached hydrogen (secondary N) is 1. The van der Waals surface area contributed by atoms with E-state index >= 15 is 0 Å². The lowest BCUT2D eigenvalue weighted by molar-refractivity contribution is 0.569. The highest BCUT2D eigenvalue weighted by atomic mass is 35.5. The second-order valence-corrected chi connectivity index (χ2v) is 6.30. The molecule has 2 rings (SSSR count). The van der Waals surface area contributed by atoms with Crippen LogP contribution in [0.3, 0.4) is 0 Å². The van der Waals surface area contributed by atoms with Crippen molar-refractivity contribution in [3.63, 3.8) is 0 Å². The topological polar surface area (TPSA) is 59.1 Å². The van der Waals surface area contributed by atoms with Crippen LogP contribution in [0.1, 0.15) is 5.56 Å². The minimum atomic E-state index is -4.24. The normalized spacial score (nSPS) is 11.4. The van der Waals surface area contributed by atoms with Crippen LogP contribution in [0, 0.1) is 11.6 Å². The minimum Gasteiger partial charge on any atom is -0.263 e. The molecular weight excluding hydrogens is 345 g/mol. The predicted molar refractivity (Wildman–Crippen MR) is 76.0 cm³/mol. The van der Waals surface area contributed by atoms with E-state index in [1.807, 2.05) is 4.72 Å². The largest absolute Gasteiger partial charge is 0.266 e. The Bertz CT molecular complexity index is 768. The van der Waals surface area contributed by atoms with Gasteiger partial charge in [0.25, 0.3) is 10.0 Å². The molecule has 21 heavy (non-hydrogen) atoms. The van der Waals surface area contributed by atoms with Gasteiger partial charge in [0.2, 0.25) is 0 Å². The number of nitrogens with zero attached hydrogens (tertiary/aromatic N) is 1. The summed E-state index contributed by atoms with van der Waals surface area (Å²) in [6.07, 6.45) is 0.831. The van der Waals surface area contributed by atoms with Crippen molar-refractivity contribution in [2.45, 2.75) is 10.8 Å². The Hall–Kier alpha value is -1.44. The number of rotatable bonds is 4. The van der Waals surface area contributed by atoms with E-state index in [9.17, 15) is 17.2 Å². The lowest BCUT2D eigenvalue weighted by Gasteiger charge is -2.10. The van der Waals surface area contributed by atoms with Gasteiger partial charge >= 0.3 is 0 Å². The van der Waals surface area contributed by atoms with Gasteiger partial charge in [-0.15, -0.1) is 11.6 Å². The fourth-order valence-corrected chi connectivity index (χ4v) is 3.19. The first-order chi connectivity index (χ1) is 9.83. The number of hydrogen-bond acceptors (Lipinski definition) is 3. The number of hydrogen-bond donors (Lipinski definition) is 1. The SMILES string of the molecule is O=S(=O)(Nc1ccc(F)cn1)c1cc(Cl)c(CCl)cc1F. The van der Waals surface area contributed by atoms with Crippen molar-refractivity contribution in [2.24, 2.45) is 0 Å². The van der Waals surface area contributed by atoms with Gasteiger partial charge in [-0.25, -0.2) is 22.2 Å². The molecule has 0 aliphatic carbocycles. The highest BCUT2D eigenvalue weighted by Crippen LogP contribution is 2.26. The quantitative estimate of drug-likeness (QED) is 0.856. The Balaban J connectivity index is 2.40. The molecule has 1 N–H and O–H groups in total. The van der Waals surface area contributed by atoms with E-state index in [4.69, 9.17) is 23.2 Å². The molecule has 0 saturated heterocycles. The molecule has 4 nitrogen and oxygen atoms in total. The summed E-state index contributed by atoms with van der Waals surface area (Å²) < 4.78 is 52.8. The number of pyridine rings is 1. The summed E-state index contributed by atoms with van der Waals surface area (Å²) in [5.41, 5.74) is 0.273. The van der Waals surface area contributed by atoms with Crippen LogP contribution >= 0.6 is 23.2 Å². The van der Waals surface area contributed by atoms with Crippen LogP contribution in [0.4, 0.5) is 14.6 Å². The Morgan fingerprint density at radius 1 is 1.24 bits per heavy atom. The van der Waals surface area contributed by atoms with Crippen molar-refractivity contribution >= 4 is 39.0 Å². The van der Waals surface area contributed by atoms with Crippen molar-refractivity contribution in [3.05, 3.63) is 52.7 Å². The maximum absolute atomic E-state index is 13.9. The summed E-state index contributed by atoms with van der Waals surface area (Å²) in [5.74, 6) is -1.82. The molecule has 1 aromatic carbocycles. The highest BCUT2D eigenvalue weighted by Gasteiger charge is 2.21. The van der Waals surface area contributed by atoms with Crippen molar-refractivity contribution in [1.82, 2.24) is 4.98 Å². The van der Waals surface area contributed by atoms with Gasteiger partial charge < -0.3 is 0 Å². The number of alkyl halides is 1. The van der Waals surface area contributed by atoms with Crippen LogP contribution in [0.15, 0.2) is 35.4 Å². The van der Waals surface area contributed by atoms with Crippen LogP contribution in [0.2, 0.25) is 5.02 Å². The molecule has 112 valence electrons. The van der Waals surface area contributed by atoms with E-state index in [0.717, 1.165) is 30.5 Å². The summed E-state index contributed by atoms with van der Waals surface area (Å²) in [6.45, 7) is 0. The minimum absolute atomic E-state index is 0.0267. The smallest absolute Gasteiger partial charge is 0.263 e. The lowest BCUT2D eigenvalue weighted by atomic mass is 10.2. The fraction of sp³-hybridized carbons (Fsp3) is 0.0833. The second kappa shape index (κ2) is 6.13. The zero-order valence-electron chi connectivity index (χ0n) is 10.3. The van der Waals surface area contributed by atoms with E-state index in [1.165, 1.54) is 0 Å². The maximum atomic E-state index is 13.9. The zero-order valence-corrected chi connectivity index (χ0v) is 12.6. The van der Waals surface area contributed by atoms with Gasteiger partial charge in [0.05, 0.1) is 6.20 Å². The molecule has 1 aromatic heterocycles. The van der Waals surface area contributed by atoms with Gasteiger partial charge in [0.15, 0.2) is 0 Å². The Morgan fingerprint density at radius 3 is 2.52 bits per heavy atom. The molecule has 1 heterocycles. The first-order valence-corrected chi connectivity index (χ1v) is 7.91. The number of anilines is 1. The molecule has 0 fully saturated rings. The van der Waals surface area contributed by atoms with Crippen molar-refractivity contribution in [3.8, 4) is 0 Å². The van der Waals surface area contributed by atoms with E-state index in [0.29, 0.717) is 0 Å². The van der Waals surface area contributed by atoms with Crippen LogP contribution in [-0.4, -0.2) is 13.4 Å². The van der Waals surface area contributed by atoms with E-state index in [-0.39, 0.29) is 22.3 Å². The molecule has 2 aromatic rings. The van der Waals surface area contributed by atoms with Crippen molar-refractivity contribution in [1.29, 1.82) is 0 Å². The molecule has 9 heteroatoms. The summed E-state index contributed by atoms with van der Waals surface area (Å²) in [4.78, 5) is 2.89. The Labute approximate surface area is 129 Å². The van der Waals surface area contributed by atoms with Gasteiger partial charge in [0.1, 0.15) is 22.3 Å².